The molecule has 1 amide bonds. The number of hydrogen-bond donors (Lipinski definition) is 2. The lowest BCUT2D eigenvalue weighted by Gasteiger charge is -2.22. The molecule has 0 aromatic heterocycles. The van der Waals surface area contributed by atoms with Crippen molar-refractivity contribution < 1.29 is 9.18 Å². The highest BCUT2D eigenvalue weighted by Crippen LogP contribution is 2.16. The maximum Gasteiger partial charge on any atom is 0.225 e. The highest BCUT2D eigenvalue weighted by molar-refractivity contribution is 5.90. The first-order chi connectivity index (χ1) is 9.19. The fraction of sp³-hybridized carbons (Fsp3) is 0.500. The first-order valence-electron chi connectivity index (χ1n) is 6.68. The maximum absolute atomic E-state index is 13.0. The third-order valence-corrected chi connectivity index (χ3v) is 3.51. The molecule has 1 atom stereocenters. The average Bonchev–Trinajstić information content (AvgIpc) is 2.83. The van der Waals surface area contributed by atoms with E-state index in [-0.39, 0.29) is 11.7 Å². The third kappa shape index (κ3) is 4.01. The third-order valence-electron chi connectivity index (χ3n) is 3.51. The minimum Gasteiger partial charge on any atom is -0.329 e. The number of benzene rings is 1. The zero-order chi connectivity index (χ0) is 13.7. The fourth-order valence-corrected chi connectivity index (χ4v) is 2.49. The molecule has 1 heterocycles. The number of carbonyl (C=O) groups excluding carboxylic acids is 1. The van der Waals surface area contributed by atoms with E-state index in [4.69, 9.17) is 5.73 Å². The molecule has 19 heavy (non-hydrogen) atoms. The van der Waals surface area contributed by atoms with Gasteiger partial charge in [0.25, 0.3) is 0 Å². The van der Waals surface area contributed by atoms with Gasteiger partial charge < -0.3 is 11.1 Å². The SMILES string of the molecule is NCC1CCCN1CCC(=O)Nc1cccc(F)c1. The largest absolute Gasteiger partial charge is 0.329 e. The number of likely N-dealkylation sites (tertiary alicyclic amines) is 1. The lowest BCUT2D eigenvalue weighted by Crippen LogP contribution is -2.37. The van der Waals surface area contributed by atoms with Crippen LogP contribution >= 0.6 is 0 Å². The molecule has 1 aromatic rings. The van der Waals surface area contributed by atoms with Crippen LogP contribution in [0.4, 0.5) is 10.1 Å². The molecule has 5 heteroatoms. The van der Waals surface area contributed by atoms with E-state index in [1.807, 2.05) is 0 Å². The Morgan fingerprint density at radius 3 is 3.11 bits per heavy atom. The predicted molar refractivity (Wildman–Crippen MR) is 73.3 cm³/mol. The van der Waals surface area contributed by atoms with Crippen LogP contribution in [0, 0.1) is 5.82 Å². The number of rotatable bonds is 5. The molecule has 1 unspecified atom stereocenters. The van der Waals surface area contributed by atoms with Crippen molar-refractivity contribution in [1.82, 2.24) is 4.90 Å². The highest BCUT2D eigenvalue weighted by Gasteiger charge is 2.23. The zero-order valence-corrected chi connectivity index (χ0v) is 10.9. The molecule has 0 bridgehead atoms. The minimum atomic E-state index is -0.347. The van der Waals surface area contributed by atoms with E-state index in [2.05, 4.69) is 10.2 Å². The second kappa shape index (κ2) is 6.63. The quantitative estimate of drug-likeness (QED) is 0.849. The van der Waals surface area contributed by atoms with Gasteiger partial charge in [0.2, 0.25) is 5.91 Å². The molecule has 1 fully saturated rings. The zero-order valence-electron chi connectivity index (χ0n) is 10.9. The van der Waals surface area contributed by atoms with Crippen molar-refractivity contribution in [2.45, 2.75) is 25.3 Å². The van der Waals surface area contributed by atoms with Crippen LogP contribution in [0.3, 0.4) is 0 Å². The van der Waals surface area contributed by atoms with Crippen molar-refractivity contribution in [1.29, 1.82) is 0 Å². The van der Waals surface area contributed by atoms with Crippen molar-refractivity contribution in [3.8, 4) is 0 Å². The normalized spacial score (nSPS) is 19.6. The van der Waals surface area contributed by atoms with Gasteiger partial charge >= 0.3 is 0 Å². The number of hydrogen-bond acceptors (Lipinski definition) is 3. The van der Waals surface area contributed by atoms with Crippen LogP contribution in [0.25, 0.3) is 0 Å². The Kier molecular flexibility index (Phi) is 4.87. The highest BCUT2D eigenvalue weighted by atomic mass is 19.1. The number of carbonyl (C=O) groups is 1. The van der Waals surface area contributed by atoms with Gasteiger partial charge in [-0.25, -0.2) is 4.39 Å². The average molecular weight is 265 g/mol. The van der Waals surface area contributed by atoms with E-state index < -0.39 is 0 Å². The van der Waals surface area contributed by atoms with Crippen molar-refractivity contribution >= 4 is 11.6 Å². The van der Waals surface area contributed by atoms with Crippen LogP contribution in [-0.2, 0) is 4.79 Å². The number of amides is 1. The summed E-state index contributed by atoms with van der Waals surface area (Å²) < 4.78 is 13.0. The molecular formula is C14H20FN3O. The Balaban J connectivity index is 1.78. The van der Waals surface area contributed by atoms with Gasteiger partial charge in [-0.1, -0.05) is 6.07 Å². The monoisotopic (exact) mass is 265 g/mol. The van der Waals surface area contributed by atoms with E-state index in [1.54, 1.807) is 12.1 Å². The lowest BCUT2D eigenvalue weighted by atomic mass is 10.2. The molecule has 0 spiro atoms. The molecule has 1 saturated heterocycles. The summed E-state index contributed by atoms with van der Waals surface area (Å²) in [5.74, 6) is -0.436. The van der Waals surface area contributed by atoms with Crippen molar-refractivity contribution in [3.63, 3.8) is 0 Å². The summed E-state index contributed by atoms with van der Waals surface area (Å²) in [6.45, 7) is 2.36. The Labute approximate surface area is 112 Å². The molecule has 1 aliphatic rings. The first-order valence-corrected chi connectivity index (χ1v) is 6.68. The second-order valence-electron chi connectivity index (χ2n) is 4.88. The van der Waals surface area contributed by atoms with Gasteiger partial charge in [0.05, 0.1) is 0 Å². The molecule has 1 aliphatic heterocycles. The summed E-state index contributed by atoms with van der Waals surface area (Å²) in [7, 11) is 0. The number of nitrogens with zero attached hydrogens (tertiary/aromatic N) is 1. The summed E-state index contributed by atoms with van der Waals surface area (Å²) >= 11 is 0. The van der Waals surface area contributed by atoms with Crippen LogP contribution in [0.2, 0.25) is 0 Å². The van der Waals surface area contributed by atoms with Crippen LogP contribution in [0.1, 0.15) is 19.3 Å². The molecule has 0 radical (unpaired) electrons. The van der Waals surface area contributed by atoms with Gasteiger partial charge in [0.1, 0.15) is 5.82 Å². The topological polar surface area (TPSA) is 58.4 Å². The predicted octanol–water partition coefficient (Wildman–Crippen LogP) is 1.58. The number of nitrogens with one attached hydrogen (secondary N) is 1. The van der Waals surface area contributed by atoms with Crippen molar-refractivity contribution in [2.75, 3.05) is 25.0 Å². The summed E-state index contributed by atoms with van der Waals surface area (Å²) in [6, 6.07) is 6.33. The molecule has 0 saturated carbocycles. The molecule has 1 aromatic carbocycles. The van der Waals surface area contributed by atoms with Crippen LogP contribution in [-0.4, -0.2) is 36.5 Å². The van der Waals surface area contributed by atoms with Crippen molar-refractivity contribution in [3.05, 3.63) is 30.1 Å². The fourth-order valence-electron chi connectivity index (χ4n) is 2.49. The smallest absolute Gasteiger partial charge is 0.225 e. The summed E-state index contributed by atoms with van der Waals surface area (Å²) in [5.41, 5.74) is 6.19. The van der Waals surface area contributed by atoms with E-state index in [0.717, 1.165) is 19.4 Å². The first kappa shape index (κ1) is 14.0. The Morgan fingerprint density at radius 2 is 2.37 bits per heavy atom. The van der Waals surface area contributed by atoms with Crippen molar-refractivity contribution in [2.24, 2.45) is 5.73 Å². The standard InChI is InChI=1S/C14H20FN3O/c15-11-3-1-4-12(9-11)17-14(19)6-8-18-7-2-5-13(18)10-16/h1,3-4,9,13H,2,5-8,10,16H2,(H,17,19). The molecule has 3 N–H and O–H groups in total. The van der Waals surface area contributed by atoms with E-state index in [0.29, 0.717) is 31.2 Å². The lowest BCUT2D eigenvalue weighted by molar-refractivity contribution is -0.116. The van der Waals surface area contributed by atoms with Gasteiger partial charge in [-0.3, -0.25) is 9.69 Å². The summed E-state index contributed by atoms with van der Waals surface area (Å²) in [4.78, 5) is 14.0. The Bertz CT molecular complexity index is 438. The Morgan fingerprint density at radius 1 is 1.53 bits per heavy atom. The number of nitrogens with two attached hydrogens (primary N) is 1. The molecule has 4 nitrogen and oxygen atoms in total. The van der Waals surface area contributed by atoms with Gasteiger partial charge in [0.15, 0.2) is 0 Å². The molecular weight excluding hydrogens is 245 g/mol. The Hall–Kier alpha value is -1.46. The molecule has 0 aliphatic carbocycles. The number of anilines is 1. The second-order valence-corrected chi connectivity index (χ2v) is 4.88. The van der Waals surface area contributed by atoms with E-state index in [1.165, 1.54) is 12.1 Å². The molecule has 104 valence electrons. The minimum absolute atomic E-state index is 0.0896. The number of halogens is 1. The molecule has 2 rings (SSSR count). The van der Waals surface area contributed by atoms with Crippen LogP contribution in [0.15, 0.2) is 24.3 Å². The van der Waals surface area contributed by atoms with Gasteiger partial charge in [0, 0.05) is 31.2 Å². The summed E-state index contributed by atoms with van der Waals surface area (Å²) in [6.07, 6.45) is 2.67. The van der Waals surface area contributed by atoms with Gasteiger partial charge in [-0.15, -0.1) is 0 Å². The van der Waals surface area contributed by atoms with Gasteiger partial charge in [-0.2, -0.15) is 0 Å². The van der Waals surface area contributed by atoms with E-state index in [9.17, 15) is 9.18 Å². The van der Waals surface area contributed by atoms with Crippen LogP contribution < -0.4 is 11.1 Å². The van der Waals surface area contributed by atoms with E-state index >= 15 is 0 Å². The summed E-state index contributed by atoms with van der Waals surface area (Å²) in [5, 5.41) is 2.70. The van der Waals surface area contributed by atoms with Gasteiger partial charge in [-0.05, 0) is 37.6 Å². The maximum atomic E-state index is 13.0. The van der Waals surface area contributed by atoms with Crippen LogP contribution in [0.5, 0.6) is 0 Å².